The van der Waals surface area contributed by atoms with Crippen molar-refractivity contribution in [3.8, 4) is 5.75 Å². The van der Waals surface area contributed by atoms with E-state index in [1.165, 1.54) is 0 Å². The normalized spacial score (nSPS) is 9.84. The van der Waals surface area contributed by atoms with Crippen LogP contribution in [0.3, 0.4) is 0 Å². The molecule has 0 spiro atoms. The van der Waals surface area contributed by atoms with Crippen LogP contribution in [0.15, 0.2) is 24.3 Å². The van der Waals surface area contributed by atoms with Crippen LogP contribution >= 0.6 is 0 Å². The minimum Gasteiger partial charge on any atom is -0.482 e. The molecule has 1 aromatic rings. The Morgan fingerprint density at radius 3 is 2.20 bits per heavy atom. The van der Waals surface area contributed by atoms with E-state index in [0.717, 1.165) is 0 Å². The molecule has 0 aliphatic heterocycles. The molecule has 0 aromatic heterocycles. The summed E-state index contributed by atoms with van der Waals surface area (Å²) in [6, 6.07) is 6.38. The fourth-order valence-electron chi connectivity index (χ4n) is 1.76. The molecule has 8 heteroatoms. The summed E-state index contributed by atoms with van der Waals surface area (Å²) in [4.78, 5) is 45.6. The van der Waals surface area contributed by atoms with E-state index in [9.17, 15) is 19.2 Å². The summed E-state index contributed by atoms with van der Waals surface area (Å²) in [6.45, 7) is 2.96. The molecular formula is C17H22N2O6. The number of rotatable bonds is 10. The van der Waals surface area contributed by atoms with Crippen LogP contribution in [0.25, 0.3) is 0 Å². The van der Waals surface area contributed by atoms with Crippen LogP contribution in [0.4, 0.5) is 0 Å². The maximum Gasteiger partial charge on any atom is 0.344 e. The first-order valence-electron chi connectivity index (χ1n) is 7.91. The summed E-state index contributed by atoms with van der Waals surface area (Å²) in [6.07, 6.45) is 0.411. The summed E-state index contributed by atoms with van der Waals surface area (Å²) in [5.41, 5.74) is 0.571. The number of carbonyl (C=O) groups is 4. The van der Waals surface area contributed by atoms with Gasteiger partial charge in [-0.2, -0.15) is 0 Å². The van der Waals surface area contributed by atoms with Crippen molar-refractivity contribution in [3.05, 3.63) is 29.8 Å². The van der Waals surface area contributed by atoms with Crippen molar-refractivity contribution in [2.75, 3.05) is 26.3 Å². The van der Waals surface area contributed by atoms with Crippen molar-refractivity contribution in [2.45, 2.75) is 20.3 Å². The van der Waals surface area contributed by atoms with Gasteiger partial charge in [0.05, 0.1) is 6.54 Å². The Kier molecular flexibility index (Phi) is 8.70. The highest BCUT2D eigenvalue weighted by Gasteiger charge is 2.10. The Balaban J connectivity index is 2.27. The van der Waals surface area contributed by atoms with Crippen molar-refractivity contribution < 1.29 is 28.7 Å². The van der Waals surface area contributed by atoms with Crippen LogP contribution in [0.2, 0.25) is 0 Å². The smallest absolute Gasteiger partial charge is 0.344 e. The van der Waals surface area contributed by atoms with Gasteiger partial charge in [-0.15, -0.1) is 0 Å². The average molecular weight is 350 g/mol. The Morgan fingerprint density at radius 1 is 0.920 bits per heavy atom. The molecule has 2 N–H and O–H groups in total. The van der Waals surface area contributed by atoms with Crippen LogP contribution in [-0.2, 0) is 19.1 Å². The van der Waals surface area contributed by atoms with Crippen molar-refractivity contribution in [1.82, 2.24) is 10.6 Å². The second-order valence-electron chi connectivity index (χ2n) is 4.98. The number of ketones is 1. The number of hydrogen-bond acceptors (Lipinski definition) is 6. The highest BCUT2D eigenvalue weighted by Crippen LogP contribution is 2.13. The SMILES string of the molecule is CCNC(=O)CNC(=O)COC(=O)COc1ccc(C(=O)CC)cc1. The van der Waals surface area contributed by atoms with Gasteiger partial charge in [-0.3, -0.25) is 14.4 Å². The van der Waals surface area contributed by atoms with Gasteiger partial charge in [0.2, 0.25) is 5.91 Å². The predicted molar refractivity (Wildman–Crippen MR) is 89.2 cm³/mol. The molecule has 1 rings (SSSR count). The number of ether oxygens (including phenoxy) is 2. The Hall–Kier alpha value is -2.90. The largest absolute Gasteiger partial charge is 0.482 e. The highest BCUT2D eigenvalue weighted by atomic mass is 16.6. The molecule has 0 aliphatic rings. The Morgan fingerprint density at radius 2 is 1.60 bits per heavy atom. The average Bonchev–Trinajstić information content (AvgIpc) is 2.63. The number of carbonyl (C=O) groups excluding carboxylic acids is 4. The Labute approximate surface area is 145 Å². The van der Waals surface area contributed by atoms with Crippen LogP contribution in [0, 0.1) is 0 Å². The molecule has 1 aromatic carbocycles. The number of amides is 2. The number of hydrogen-bond donors (Lipinski definition) is 2. The van der Waals surface area contributed by atoms with Gasteiger partial charge in [-0.25, -0.2) is 4.79 Å². The van der Waals surface area contributed by atoms with E-state index in [1.54, 1.807) is 38.1 Å². The summed E-state index contributed by atoms with van der Waals surface area (Å²) in [5.74, 6) is -1.20. The summed E-state index contributed by atoms with van der Waals surface area (Å²) < 4.78 is 9.95. The topological polar surface area (TPSA) is 111 Å². The first-order valence-corrected chi connectivity index (χ1v) is 7.91. The first kappa shape index (κ1) is 20.1. The number of nitrogens with one attached hydrogen (secondary N) is 2. The van der Waals surface area contributed by atoms with Gasteiger partial charge in [0.1, 0.15) is 5.75 Å². The lowest BCUT2D eigenvalue weighted by Crippen LogP contribution is -2.38. The van der Waals surface area contributed by atoms with E-state index in [-0.39, 0.29) is 24.8 Å². The molecule has 136 valence electrons. The third-order valence-corrected chi connectivity index (χ3v) is 3.04. The third-order valence-electron chi connectivity index (χ3n) is 3.04. The lowest BCUT2D eigenvalue weighted by molar-refractivity contribution is -0.150. The van der Waals surface area contributed by atoms with Crippen LogP contribution in [0.5, 0.6) is 5.75 Å². The zero-order chi connectivity index (χ0) is 18.7. The minimum atomic E-state index is -0.720. The second-order valence-corrected chi connectivity index (χ2v) is 4.98. The zero-order valence-electron chi connectivity index (χ0n) is 14.3. The molecule has 2 amide bonds. The number of Topliss-reactive ketones (excluding diaryl/α,β-unsaturated/α-hetero) is 1. The molecule has 0 heterocycles. The fraction of sp³-hybridized carbons (Fsp3) is 0.412. The van der Waals surface area contributed by atoms with Crippen LogP contribution in [-0.4, -0.2) is 49.9 Å². The van der Waals surface area contributed by atoms with E-state index < -0.39 is 18.5 Å². The van der Waals surface area contributed by atoms with E-state index in [4.69, 9.17) is 9.47 Å². The summed E-state index contributed by atoms with van der Waals surface area (Å²) in [5, 5.41) is 4.83. The lowest BCUT2D eigenvalue weighted by atomic mass is 10.1. The molecule has 0 unspecified atom stereocenters. The van der Waals surface area contributed by atoms with Gasteiger partial charge < -0.3 is 20.1 Å². The van der Waals surface area contributed by atoms with Crippen molar-refractivity contribution in [2.24, 2.45) is 0 Å². The maximum atomic E-state index is 11.5. The molecule has 0 saturated carbocycles. The minimum absolute atomic E-state index is 0.0181. The lowest BCUT2D eigenvalue weighted by Gasteiger charge is -2.08. The van der Waals surface area contributed by atoms with Crippen LogP contribution in [0.1, 0.15) is 30.6 Å². The maximum absolute atomic E-state index is 11.5. The van der Waals surface area contributed by atoms with Gasteiger partial charge in [-0.1, -0.05) is 6.92 Å². The van der Waals surface area contributed by atoms with Crippen molar-refractivity contribution in [1.29, 1.82) is 0 Å². The molecule has 0 radical (unpaired) electrons. The fourth-order valence-corrected chi connectivity index (χ4v) is 1.76. The van der Waals surface area contributed by atoms with Crippen molar-refractivity contribution >= 4 is 23.6 Å². The predicted octanol–water partition coefficient (Wildman–Crippen LogP) is 0.454. The molecule has 25 heavy (non-hydrogen) atoms. The third kappa shape index (κ3) is 7.96. The zero-order valence-corrected chi connectivity index (χ0v) is 14.3. The van der Waals surface area contributed by atoms with E-state index in [1.807, 2.05) is 0 Å². The van der Waals surface area contributed by atoms with Gasteiger partial charge in [0.15, 0.2) is 19.0 Å². The van der Waals surface area contributed by atoms with E-state index >= 15 is 0 Å². The monoisotopic (exact) mass is 350 g/mol. The van der Waals surface area contributed by atoms with Gasteiger partial charge in [0.25, 0.3) is 5.91 Å². The number of benzene rings is 1. The molecule has 0 atom stereocenters. The Bertz CT molecular complexity index is 612. The van der Waals surface area contributed by atoms with E-state index in [0.29, 0.717) is 24.3 Å². The summed E-state index contributed by atoms with van der Waals surface area (Å²) in [7, 11) is 0. The molecule has 0 aliphatic carbocycles. The van der Waals surface area contributed by atoms with Crippen LogP contribution < -0.4 is 15.4 Å². The van der Waals surface area contributed by atoms with E-state index in [2.05, 4.69) is 10.6 Å². The highest BCUT2D eigenvalue weighted by molar-refractivity contribution is 5.95. The molecule has 0 saturated heterocycles. The molecule has 0 fully saturated rings. The summed E-state index contributed by atoms with van der Waals surface area (Å²) >= 11 is 0. The number of esters is 1. The van der Waals surface area contributed by atoms with Gasteiger partial charge in [0, 0.05) is 18.5 Å². The number of likely N-dealkylation sites (N-methyl/N-ethyl adjacent to an activating group) is 1. The van der Waals surface area contributed by atoms with Gasteiger partial charge in [-0.05, 0) is 31.2 Å². The second kappa shape index (κ2) is 10.8. The van der Waals surface area contributed by atoms with Crippen molar-refractivity contribution in [3.63, 3.8) is 0 Å². The molecular weight excluding hydrogens is 328 g/mol. The first-order chi connectivity index (χ1) is 12.0. The standard InChI is InChI=1S/C17H22N2O6/c1-3-14(20)12-5-7-13(8-6-12)24-11-17(23)25-10-16(22)19-9-15(21)18-4-2/h5-8H,3-4,9-11H2,1-2H3,(H,18,21)(H,19,22). The quantitative estimate of drug-likeness (QED) is 0.468. The molecule has 0 bridgehead atoms. The van der Waals surface area contributed by atoms with Gasteiger partial charge >= 0.3 is 5.97 Å². The molecule has 8 nitrogen and oxygen atoms in total.